The molecule has 1 amide bonds. The number of ether oxygens (including phenoxy) is 2. The molecule has 0 saturated carbocycles. The molecule has 0 spiro atoms. The van der Waals surface area contributed by atoms with Gasteiger partial charge in [-0.2, -0.15) is 0 Å². The molecule has 1 aromatic heterocycles. The Kier molecular flexibility index (Phi) is 5.65. The van der Waals surface area contributed by atoms with E-state index in [0.29, 0.717) is 29.5 Å². The standard InChI is InChI=1S/C16H22ClNO5S/c1-9-7-10(5-6-18(9)15(21)23-16(2,3)4)22-11-8-12(17)24-13(11)14(19)20/h8-10H,5-7H2,1-4H3,(H,19,20). The molecule has 0 bridgehead atoms. The van der Waals surface area contributed by atoms with Crippen LogP contribution in [0.15, 0.2) is 6.07 Å². The van der Waals surface area contributed by atoms with Crippen molar-refractivity contribution in [1.29, 1.82) is 0 Å². The highest BCUT2D eigenvalue weighted by Crippen LogP contribution is 2.35. The fraction of sp³-hybridized carbons (Fsp3) is 0.625. The first-order valence-corrected chi connectivity index (χ1v) is 8.95. The molecule has 24 heavy (non-hydrogen) atoms. The smallest absolute Gasteiger partial charge is 0.410 e. The third-order valence-corrected chi connectivity index (χ3v) is 4.85. The number of nitrogens with zero attached hydrogens (tertiary/aromatic N) is 1. The number of rotatable bonds is 3. The van der Waals surface area contributed by atoms with Crippen molar-refractivity contribution in [3.05, 3.63) is 15.3 Å². The summed E-state index contributed by atoms with van der Waals surface area (Å²) >= 11 is 6.87. The maximum Gasteiger partial charge on any atom is 0.410 e. The number of hydrogen-bond acceptors (Lipinski definition) is 5. The van der Waals surface area contributed by atoms with Gasteiger partial charge in [0.05, 0.1) is 4.34 Å². The monoisotopic (exact) mass is 375 g/mol. The maximum atomic E-state index is 12.2. The van der Waals surface area contributed by atoms with Gasteiger partial charge >= 0.3 is 12.1 Å². The second kappa shape index (κ2) is 7.19. The molecular formula is C16H22ClNO5S. The molecule has 1 aliphatic rings. The number of thiophene rings is 1. The molecule has 134 valence electrons. The summed E-state index contributed by atoms with van der Waals surface area (Å²) in [5, 5.41) is 9.19. The summed E-state index contributed by atoms with van der Waals surface area (Å²) < 4.78 is 11.6. The van der Waals surface area contributed by atoms with Crippen molar-refractivity contribution in [3.8, 4) is 5.75 Å². The van der Waals surface area contributed by atoms with E-state index < -0.39 is 11.6 Å². The Morgan fingerprint density at radius 1 is 1.42 bits per heavy atom. The molecule has 1 aromatic rings. The first-order chi connectivity index (χ1) is 11.1. The van der Waals surface area contributed by atoms with Gasteiger partial charge in [-0.05, 0) is 27.7 Å². The van der Waals surface area contributed by atoms with Gasteiger partial charge in [0.25, 0.3) is 0 Å². The molecule has 0 aromatic carbocycles. The maximum absolute atomic E-state index is 12.2. The lowest BCUT2D eigenvalue weighted by molar-refractivity contribution is -0.00103. The molecule has 1 fully saturated rings. The zero-order valence-corrected chi connectivity index (χ0v) is 15.7. The number of carbonyl (C=O) groups excluding carboxylic acids is 1. The molecule has 0 aliphatic carbocycles. The van der Waals surface area contributed by atoms with Crippen molar-refractivity contribution in [2.24, 2.45) is 0 Å². The van der Waals surface area contributed by atoms with Crippen LogP contribution in [0.4, 0.5) is 4.79 Å². The minimum atomic E-state index is -1.05. The molecule has 0 radical (unpaired) electrons. The Hall–Kier alpha value is -1.47. The van der Waals surface area contributed by atoms with Crippen LogP contribution < -0.4 is 4.74 Å². The van der Waals surface area contributed by atoms with Gasteiger partial charge in [-0.1, -0.05) is 11.6 Å². The number of carboxylic acid groups (broad SMARTS) is 1. The molecule has 8 heteroatoms. The number of halogens is 1. The number of piperidine rings is 1. The van der Waals surface area contributed by atoms with E-state index in [-0.39, 0.29) is 23.1 Å². The van der Waals surface area contributed by atoms with Crippen LogP contribution in [0.1, 0.15) is 50.2 Å². The lowest BCUT2D eigenvalue weighted by atomic mass is 10.0. The summed E-state index contributed by atoms with van der Waals surface area (Å²) in [4.78, 5) is 25.2. The van der Waals surface area contributed by atoms with Gasteiger partial charge in [-0.25, -0.2) is 9.59 Å². The zero-order chi connectivity index (χ0) is 18.1. The van der Waals surface area contributed by atoms with Crippen molar-refractivity contribution < 1.29 is 24.2 Å². The topological polar surface area (TPSA) is 76.1 Å². The van der Waals surface area contributed by atoms with Gasteiger partial charge in [0.2, 0.25) is 0 Å². The Balaban J connectivity index is 1.99. The van der Waals surface area contributed by atoms with Gasteiger partial charge in [0.1, 0.15) is 17.5 Å². The second-order valence-corrected chi connectivity index (χ2v) is 8.52. The molecule has 1 saturated heterocycles. The van der Waals surface area contributed by atoms with E-state index in [1.807, 2.05) is 27.7 Å². The summed E-state index contributed by atoms with van der Waals surface area (Å²) in [5.41, 5.74) is -0.534. The molecule has 6 nitrogen and oxygen atoms in total. The van der Waals surface area contributed by atoms with Crippen LogP contribution in [-0.2, 0) is 4.74 Å². The molecule has 1 N–H and O–H groups in total. The summed E-state index contributed by atoms with van der Waals surface area (Å²) in [6.07, 6.45) is 0.711. The van der Waals surface area contributed by atoms with E-state index in [9.17, 15) is 14.7 Å². The van der Waals surface area contributed by atoms with Crippen LogP contribution in [0, 0.1) is 0 Å². The SMILES string of the molecule is CC1CC(Oc2cc(Cl)sc2C(=O)O)CCN1C(=O)OC(C)(C)C. The zero-order valence-electron chi connectivity index (χ0n) is 14.2. The fourth-order valence-corrected chi connectivity index (χ4v) is 3.58. The van der Waals surface area contributed by atoms with Crippen molar-refractivity contribution >= 4 is 35.0 Å². The Morgan fingerprint density at radius 3 is 2.62 bits per heavy atom. The van der Waals surface area contributed by atoms with E-state index in [1.54, 1.807) is 4.90 Å². The highest BCUT2D eigenvalue weighted by atomic mass is 35.5. The molecule has 2 rings (SSSR count). The van der Waals surface area contributed by atoms with Crippen molar-refractivity contribution in [2.75, 3.05) is 6.54 Å². The van der Waals surface area contributed by atoms with E-state index in [0.717, 1.165) is 11.3 Å². The van der Waals surface area contributed by atoms with E-state index in [2.05, 4.69) is 0 Å². The normalized spacial score (nSPS) is 21.5. The minimum absolute atomic E-state index is 0.0546. The van der Waals surface area contributed by atoms with Crippen LogP contribution in [0.2, 0.25) is 4.34 Å². The fourth-order valence-electron chi connectivity index (χ4n) is 2.59. The summed E-state index contributed by atoms with van der Waals surface area (Å²) in [7, 11) is 0. The number of carboxylic acids is 1. The van der Waals surface area contributed by atoms with Crippen LogP contribution in [0.25, 0.3) is 0 Å². The highest BCUT2D eigenvalue weighted by Gasteiger charge is 2.33. The highest BCUT2D eigenvalue weighted by molar-refractivity contribution is 7.18. The van der Waals surface area contributed by atoms with Crippen molar-refractivity contribution in [3.63, 3.8) is 0 Å². The van der Waals surface area contributed by atoms with E-state index in [1.165, 1.54) is 6.07 Å². The van der Waals surface area contributed by atoms with Gasteiger partial charge in [0, 0.05) is 31.5 Å². The lowest BCUT2D eigenvalue weighted by Gasteiger charge is -2.38. The van der Waals surface area contributed by atoms with Crippen LogP contribution >= 0.6 is 22.9 Å². The van der Waals surface area contributed by atoms with E-state index in [4.69, 9.17) is 21.1 Å². The van der Waals surface area contributed by atoms with Crippen molar-refractivity contribution in [1.82, 2.24) is 4.90 Å². The largest absolute Gasteiger partial charge is 0.488 e. The number of carbonyl (C=O) groups is 2. The number of hydrogen-bond donors (Lipinski definition) is 1. The predicted octanol–water partition coefficient (Wildman–Crippen LogP) is 4.27. The van der Waals surface area contributed by atoms with Crippen LogP contribution in [-0.4, -0.2) is 46.4 Å². The number of amides is 1. The van der Waals surface area contributed by atoms with Gasteiger partial charge in [0.15, 0.2) is 4.88 Å². The average molecular weight is 376 g/mol. The predicted molar refractivity (Wildman–Crippen MR) is 92.3 cm³/mol. The number of likely N-dealkylation sites (tertiary alicyclic amines) is 1. The second-order valence-electron chi connectivity index (χ2n) is 6.84. The summed E-state index contributed by atoms with van der Waals surface area (Å²) in [6, 6.07) is 1.47. The van der Waals surface area contributed by atoms with Gasteiger partial charge in [-0.15, -0.1) is 11.3 Å². The Morgan fingerprint density at radius 2 is 2.08 bits per heavy atom. The Bertz CT molecular complexity index is 624. The minimum Gasteiger partial charge on any atom is -0.488 e. The first kappa shape index (κ1) is 18.9. The average Bonchev–Trinajstić information content (AvgIpc) is 2.77. The summed E-state index contributed by atoms with van der Waals surface area (Å²) in [6.45, 7) is 7.93. The van der Waals surface area contributed by atoms with E-state index >= 15 is 0 Å². The Labute approximate surface area is 150 Å². The number of aromatic carboxylic acids is 1. The van der Waals surface area contributed by atoms with Gasteiger partial charge < -0.3 is 19.5 Å². The van der Waals surface area contributed by atoms with Crippen molar-refractivity contribution in [2.45, 2.75) is 58.3 Å². The molecule has 2 unspecified atom stereocenters. The lowest BCUT2D eigenvalue weighted by Crippen LogP contribution is -2.49. The van der Waals surface area contributed by atoms with Crippen LogP contribution in [0.5, 0.6) is 5.75 Å². The molecule has 1 aliphatic heterocycles. The third kappa shape index (κ3) is 4.77. The molecule has 2 atom stereocenters. The first-order valence-electron chi connectivity index (χ1n) is 7.75. The molecule has 2 heterocycles. The third-order valence-electron chi connectivity index (χ3n) is 3.61. The quantitative estimate of drug-likeness (QED) is 0.853. The molecular weight excluding hydrogens is 354 g/mol. The van der Waals surface area contributed by atoms with Gasteiger partial charge in [-0.3, -0.25) is 0 Å². The summed E-state index contributed by atoms with van der Waals surface area (Å²) in [5.74, 6) is -0.762. The van der Waals surface area contributed by atoms with Crippen LogP contribution in [0.3, 0.4) is 0 Å².